The van der Waals surface area contributed by atoms with Crippen LogP contribution in [0.3, 0.4) is 0 Å². The van der Waals surface area contributed by atoms with Crippen LogP contribution in [-0.2, 0) is 0 Å². The molecule has 1 aromatic heterocycles. The summed E-state index contributed by atoms with van der Waals surface area (Å²) >= 11 is 1.49. The molecule has 0 aliphatic carbocycles. The minimum Gasteiger partial charge on any atom is -0.497 e. The number of methoxy groups -OCH3 is 2. The fourth-order valence-electron chi connectivity index (χ4n) is 2.34. The highest BCUT2D eigenvalue weighted by Gasteiger charge is 2.11. The summed E-state index contributed by atoms with van der Waals surface area (Å²) in [5.41, 5.74) is 6.69. The van der Waals surface area contributed by atoms with E-state index >= 15 is 0 Å². The van der Waals surface area contributed by atoms with Gasteiger partial charge in [0.15, 0.2) is 0 Å². The highest BCUT2D eigenvalue weighted by Crippen LogP contribution is 2.35. The van der Waals surface area contributed by atoms with Gasteiger partial charge in [0.05, 0.1) is 25.6 Å². The molecule has 0 saturated heterocycles. The minimum atomic E-state index is 0.718. The molecule has 25 heavy (non-hydrogen) atoms. The Morgan fingerprint density at radius 3 is 2.60 bits per heavy atom. The van der Waals surface area contributed by atoms with Crippen LogP contribution in [0.25, 0.3) is 11.3 Å². The van der Waals surface area contributed by atoms with Gasteiger partial charge in [-0.25, -0.2) is 4.98 Å². The van der Waals surface area contributed by atoms with Gasteiger partial charge in [0.1, 0.15) is 11.5 Å². The maximum atomic E-state index is 5.43. The third-order valence-electron chi connectivity index (χ3n) is 3.70. The molecule has 0 bridgehead atoms. The summed E-state index contributed by atoms with van der Waals surface area (Å²) in [6, 6.07) is 15.7. The molecular weight excluding hydrogens is 334 g/mol. The Bertz CT molecular complexity index is 875. The van der Waals surface area contributed by atoms with E-state index in [9.17, 15) is 0 Å². The minimum absolute atomic E-state index is 0.718. The summed E-state index contributed by atoms with van der Waals surface area (Å²) in [4.78, 5) is 4.59. The normalized spacial score (nSPS) is 11.2. The van der Waals surface area contributed by atoms with Gasteiger partial charge in [-0.15, -0.1) is 11.3 Å². The number of nitrogens with zero attached hydrogens (tertiary/aromatic N) is 2. The van der Waals surface area contributed by atoms with Crippen molar-refractivity contribution in [3.05, 3.63) is 59.5 Å². The highest BCUT2D eigenvalue weighted by molar-refractivity contribution is 7.14. The van der Waals surface area contributed by atoms with Crippen molar-refractivity contribution in [3.63, 3.8) is 0 Å². The average Bonchev–Trinajstić information content (AvgIpc) is 3.15. The predicted molar refractivity (Wildman–Crippen MR) is 103 cm³/mol. The fourth-order valence-corrected chi connectivity index (χ4v) is 2.99. The van der Waals surface area contributed by atoms with Gasteiger partial charge >= 0.3 is 0 Å². The fraction of sp³-hybridized carbons (Fsp3) is 0.158. The van der Waals surface area contributed by atoms with Crippen molar-refractivity contribution in [2.24, 2.45) is 5.10 Å². The molecule has 0 aliphatic heterocycles. The number of hydrogen-bond acceptors (Lipinski definition) is 6. The lowest BCUT2D eigenvalue weighted by molar-refractivity contribution is 0.404. The molecule has 3 aromatic rings. The lowest BCUT2D eigenvalue weighted by Gasteiger charge is -2.08. The molecule has 0 aliphatic rings. The predicted octanol–water partition coefficient (Wildman–Crippen LogP) is 4.66. The van der Waals surface area contributed by atoms with Crippen molar-refractivity contribution in [2.45, 2.75) is 6.92 Å². The van der Waals surface area contributed by atoms with Crippen LogP contribution in [0, 0.1) is 0 Å². The zero-order valence-electron chi connectivity index (χ0n) is 14.3. The molecule has 3 rings (SSSR count). The van der Waals surface area contributed by atoms with E-state index in [2.05, 4.69) is 15.5 Å². The molecule has 0 atom stereocenters. The van der Waals surface area contributed by atoms with Crippen molar-refractivity contribution in [2.75, 3.05) is 19.6 Å². The molecule has 2 aromatic carbocycles. The first kappa shape index (κ1) is 17.0. The Morgan fingerprint density at radius 2 is 1.88 bits per heavy atom. The maximum Gasteiger partial charge on any atom is 0.203 e. The zero-order valence-corrected chi connectivity index (χ0v) is 15.1. The van der Waals surface area contributed by atoms with Crippen LogP contribution >= 0.6 is 11.3 Å². The number of hydrazone groups is 1. The second kappa shape index (κ2) is 7.81. The monoisotopic (exact) mass is 353 g/mol. The molecule has 0 amide bonds. The van der Waals surface area contributed by atoms with Gasteiger partial charge in [-0.3, -0.25) is 5.43 Å². The molecule has 6 heteroatoms. The van der Waals surface area contributed by atoms with Crippen LogP contribution in [0.15, 0.2) is 59.0 Å². The van der Waals surface area contributed by atoms with E-state index in [1.807, 2.05) is 60.8 Å². The Balaban J connectivity index is 1.81. The molecule has 0 saturated carbocycles. The highest BCUT2D eigenvalue weighted by atomic mass is 32.1. The number of hydrogen-bond donors (Lipinski definition) is 1. The first-order valence-electron chi connectivity index (χ1n) is 7.75. The van der Waals surface area contributed by atoms with E-state index in [-0.39, 0.29) is 0 Å². The molecule has 0 radical (unpaired) electrons. The van der Waals surface area contributed by atoms with Gasteiger partial charge in [-0.05, 0) is 30.7 Å². The summed E-state index contributed by atoms with van der Waals surface area (Å²) in [6.07, 6.45) is 0. The van der Waals surface area contributed by atoms with Gasteiger partial charge in [-0.1, -0.05) is 30.3 Å². The molecule has 5 nitrogen and oxygen atoms in total. The molecule has 1 heterocycles. The first-order chi connectivity index (χ1) is 12.2. The number of benzene rings is 2. The van der Waals surface area contributed by atoms with Gasteiger partial charge in [0.2, 0.25) is 5.13 Å². The molecule has 0 spiro atoms. The van der Waals surface area contributed by atoms with E-state index in [0.717, 1.165) is 39.2 Å². The average molecular weight is 353 g/mol. The molecule has 0 unspecified atom stereocenters. The van der Waals surface area contributed by atoms with E-state index < -0.39 is 0 Å². The number of rotatable bonds is 6. The lowest BCUT2D eigenvalue weighted by Crippen LogP contribution is -1.99. The first-order valence-corrected chi connectivity index (χ1v) is 8.63. The van der Waals surface area contributed by atoms with Crippen molar-refractivity contribution in [3.8, 4) is 22.8 Å². The Morgan fingerprint density at radius 1 is 1.08 bits per heavy atom. The summed E-state index contributed by atoms with van der Waals surface area (Å²) in [5, 5.41) is 7.09. The van der Waals surface area contributed by atoms with Crippen LogP contribution < -0.4 is 14.9 Å². The topological polar surface area (TPSA) is 55.7 Å². The van der Waals surface area contributed by atoms with Crippen molar-refractivity contribution in [1.82, 2.24) is 4.98 Å². The van der Waals surface area contributed by atoms with E-state index in [4.69, 9.17) is 9.47 Å². The van der Waals surface area contributed by atoms with Crippen LogP contribution in [0.5, 0.6) is 11.5 Å². The second-order valence-corrected chi connectivity index (χ2v) is 6.14. The smallest absolute Gasteiger partial charge is 0.203 e. The number of aromatic nitrogens is 1. The number of anilines is 1. The third kappa shape index (κ3) is 3.97. The third-order valence-corrected chi connectivity index (χ3v) is 4.44. The van der Waals surface area contributed by atoms with Crippen LogP contribution in [0.2, 0.25) is 0 Å². The summed E-state index contributed by atoms with van der Waals surface area (Å²) in [5.74, 6) is 1.51. The molecule has 1 N–H and O–H groups in total. The van der Waals surface area contributed by atoms with Gasteiger partial charge in [-0.2, -0.15) is 5.10 Å². The zero-order chi connectivity index (χ0) is 17.6. The Hall–Kier alpha value is -2.86. The van der Waals surface area contributed by atoms with Crippen molar-refractivity contribution in [1.29, 1.82) is 0 Å². The van der Waals surface area contributed by atoms with Crippen molar-refractivity contribution >= 4 is 22.2 Å². The number of ether oxygens (including phenoxy) is 2. The van der Waals surface area contributed by atoms with Crippen molar-refractivity contribution < 1.29 is 9.47 Å². The lowest BCUT2D eigenvalue weighted by atomic mass is 10.1. The van der Waals surface area contributed by atoms with Crippen LogP contribution in [0.1, 0.15) is 12.5 Å². The van der Waals surface area contributed by atoms with Gasteiger partial charge in [0.25, 0.3) is 0 Å². The van der Waals surface area contributed by atoms with E-state index in [1.165, 1.54) is 11.3 Å². The van der Waals surface area contributed by atoms with Gasteiger partial charge < -0.3 is 9.47 Å². The van der Waals surface area contributed by atoms with Crippen LogP contribution in [0.4, 0.5) is 5.13 Å². The summed E-state index contributed by atoms with van der Waals surface area (Å²) in [7, 11) is 3.28. The molecular formula is C19H19N3O2S. The maximum absolute atomic E-state index is 5.43. The van der Waals surface area contributed by atoms with Gasteiger partial charge in [0, 0.05) is 10.9 Å². The second-order valence-electron chi connectivity index (χ2n) is 5.28. The van der Waals surface area contributed by atoms with E-state index in [1.54, 1.807) is 14.2 Å². The SMILES string of the molecule is COc1ccc(OC)c(-c2csc(N/N=C(\C)c3ccccc3)n2)c1. The molecule has 0 fully saturated rings. The number of thiazole rings is 1. The quantitative estimate of drug-likeness (QED) is 0.517. The number of nitrogens with one attached hydrogen (secondary N) is 1. The molecule has 128 valence electrons. The van der Waals surface area contributed by atoms with Crippen LogP contribution in [-0.4, -0.2) is 24.9 Å². The largest absolute Gasteiger partial charge is 0.497 e. The standard InChI is InChI=1S/C19H19N3O2S/c1-13(14-7-5-4-6-8-14)21-22-19-20-17(12-25-19)16-11-15(23-2)9-10-18(16)24-3/h4-12H,1-3H3,(H,20,22)/b21-13+. The summed E-state index contributed by atoms with van der Waals surface area (Å²) < 4.78 is 10.7. The Kier molecular flexibility index (Phi) is 5.30. The Labute approximate surface area is 151 Å². The summed E-state index contributed by atoms with van der Waals surface area (Å²) in [6.45, 7) is 1.96. The van der Waals surface area contributed by atoms with E-state index in [0.29, 0.717) is 0 Å².